The first kappa shape index (κ1) is 17.6. The zero-order chi connectivity index (χ0) is 18.2. The molecule has 132 valence electrons. The number of rotatable bonds is 6. The maximum atomic E-state index is 12.2. The Kier molecular flexibility index (Phi) is 5.94. The van der Waals surface area contributed by atoms with E-state index in [1.807, 2.05) is 6.07 Å². The average Bonchev–Trinajstić information content (AvgIpc) is 2.69. The Balaban J connectivity index is 1.52. The van der Waals surface area contributed by atoms with Gasteiger partial charge in [-0.2, -0.15) is 5.26 Å². The molecule has 0 saturated carbocycles. The highest BCUT2D eigenvalue weighted by molar-refractivity contribution is 5.93. The fraction of sp³-hybridized carbons (Fsp3) is 0.300. The van der Waals surface area contributed by atoms with Crippen LogP contribution in [0.1, 0.15) is 48.0 Å². The molecule has 3 rings (SSSR count). The second-order valence-electron chi connectivity index (χ2n) is 6.23. The molecule has 0 aliphatic heterocycles. The quantitative estimate of drug-likeness (QED) is 0.777. The minimum atomic E-state index is -0.167. The molecule has 0 saturated heterocycles. The first-order valence-corrected chi connectivity index (χ1v) is 8.80. The summed E-state index contributed by atoms with van der Waals surface area (Å²) < 4.78 is 0. The SMILES string of the molecule is N#Cc1cccc(Nc2ncc(C(=O)NCCC3=CCCCC3)cn2)c1. The molecule has 1 aromatic heterocycles. The molecule has 6 nitrogen and oxygen atoms in total. The van der Waals surface area contributed by atoms with Crippen LogP contribution in [0.4, 0.5) is 11.6 Å². The summed E-state index contributed by atoms with van der Waals surface area (Å²) in [4.78, 5) is 20.5. The summed E-state index contributed by atoms with van der Waals surface area (Å²) in [6.45, 7) is 0.631. The first-order chi connectivity index (χ1) is 12.7. The maximum absolute atomic E-state index is 12.2. The van der Waals surface area contributed by atoms with Crippen molar-refractivity contribution in [2.24, 2.45) is 0 Å². The minimum absolute atomic E-state index is 0.167. The second kappa shape index (κ2) is 8.77. The van der Waals surface area contributed by atoms with Gasteiger partial charge in [-0.1, -0.05) is 17.7 Å². The number of carbonyl (C=O) groups excluding carboxylic acids is 1. The maximum Gasteiger partial charge on any atom is 0.254 e. The van der Waals surface area contributed by atoms with Crippen LogP contribution in [-0.4, -0.2) is 22.4 Å². The van der Waals surface area contributed by atoms with Crippen LogP contribution in [0, 0.1) is 11.3 Å². The van der Waals surface area contributed by atoms with Crippen LogP contribution < -0.4 is 10.6 Å². The lowest BCUT2D eigenvalue weighted by molar-refractivity contribution is 0.0953. The number of nitrogens with one attached hydrogen (secondary N) is 2. The van der Waals surface area contributed by atoms with Crippen molar-refractivity contribution >= 4 is 17.5 Å². The fourth-order valence-corrected chi connectivity index (χ4v) is 2.88. The first-order valence-electron chi connectivity index (χ1n) is 8.80. The predicted octanol–water partition coefficient (Wildman–Crippen LogP) is 3.71. The molecule has 1 aromatic carbocycles. The van der Waals surface area contributed by atoms with E-state index < -0.39 is 0 Å². The van der Waals surface area contributed by atoms with Crippen LogP contribution >= 0.6 is 0 Å². The smallest absolute Gasteiger partial charge is 0.254 e. The van der Waals surface area contributed by atoms with Crippen molar-refractivity contribution in [1.29, 1.82) is 5.26 Å². The summed E-state index contributed by atoms with van der Waals surface area (Å²) in [5.41, 5.74) is 3.15. The van der Waals surface area contributed by atoms with E-state index in [0.29, 0.717) is 23.6 Å². The van der Waals surface area contributed by atoms with Gasteiger partial charge in [0.2, 0.25) is 5.95 Å². The van der Waals surface area contributed by atoms with Gasteiger partial charge >= 0.3 is 0 Å². The van der Waals surface area contributed by atoms with Gasteiger partial charge in [0.1, 0.15) is 0 Å². The molecule has 1 amide bonds. The number of aromatic nitrogens is 2. The number of allylic oxidation sites excluding steroid dienone is 1. The number of hydrogen-bond donors (Lipinski definition) is 2. The summed E-state index contributed by atoms with van der Waals surface area (Å²) in [6.07, 6.45) is 11.0. The molecule has 0 radical (unpaired) electrons. The minimum Gasteiger partial charge on any atom is -0.352 e. The lowest BCUT2D eigenvalue weighted by Gasteiger charge is -2.13. The van der Waals surface area contributed by atoms with E-state index >= 15 is 0 Å². The van der Waals surface area contributed by atoms with E-state index in [4.69, 9.17) is 5.26 Å². The highest BCUT2D eigenvalue weighted by atomic mass is 16.1. The molecule has 0 unspecified atom stereocenters. The summed E-state index contributed by atoms with van der Waals surface area (Å²) in [5, 5.41) is 14.9. The van der Waals surface area contributed by atoms with E-state index in [1.165, 1.54) is 30.8 Å². The van der Waals surface area contributed by atoms with Crippen molar-refractivity contribution in [3.05, 3.63) is 59.4 Å². The van der Waals surface area contributed by atoms with E-state index in [9.17, 15) is 4.79 Å². The molecule has 0 spiro atoms. The number of hydrogen-bond acceptors (Lipinski definition) is 5. The largest absolute Gasteiger partial charge is 0.352 e. The Morgan fingerprint density at radius 1 is 1.23 bits per heavy atom. The zero-order valence-corrected chi connectivity index (χ0v) is 14.5. The Hall–Kier alpha value is -3.20. The van der Waals surface area contributed by atoms with E-state index in [1.54, 1.807) is 18.2 Å². The van der Waals surface area contributed by atoms with Crippen LogP contribution in [0.2, 0.25) is 0 Å². The molecule has 1 aliphatic carbocycles. The van der Waals surface area contributed by atoms with Crippen LogP contribution in [0.15, 0.2) is 48.3 Å². The number of nitrogens with zero attached hydrogens (tertiary/aromatic N) is 3. The Bertz CT molecular complexity index is 836. The van der Waals surface area contributed by atoms with Gasteiger partial charge < -0.3 is 10.6 Å². The van der Waals surface area contributed by atoms with Gasteiger partial charge in [0.05, 0.1) is 17.2 Å². The van der Waals surface area contributed by atoms with Crippen molar-refractivity contribution in [2.75, 3.05) is 11.9 Å². The Morgan fingerprint density at radius 3 is 2.81 bits per heavy atom. The zero-order valence-electron chi connectivity index (χ0n) is 14.5. The lowest BCUT2D eigenvalue weighted by Crippen LogP contribution is -2.25. The standard InChI is InChI=1S/C20H21N5O/c21-12-16-7-4-8-18(11-16)25-20-23-13-17(14-24-20)19(26)22-10-9-15-5-2-1-3-6-15/h4-5,7-8,11,13-14H,1-3,6,9-10H2,(H,22,26)(H,23,24,25). The van der Waals surface area contributed by atoms with E-state index in [0.717, 1.165) is 24.9 Å². The third-order valence-electron chi connectivity index (χ3n) is 4.28. The van der Waals surface area contributed by atoms with Crippen molar-refractivity contribution in [1.82, 2.24) is 15.3 Å². The molecule has 1 aliphatic rings. The summed E-state index contributed by atoms with van der Waals surface area (Å²) >= 11 is 0. The highest BCUT2D eigenvalue weighted by Crippen LogP contribution is 2.19. The summed E-state index contributed by atoms with van der Waals surface area (Å²) in [7, 11) is 0. The predicted molar refractivity (Wildman–Crippen MR) is 100.0 cm³/mol. The molecular formula is C20H21N5O. The molecule has 0 bridgehead atoms. The van der Waals surface area contributed by atoms with Gasteiger partial charge in [-0.25, -0.2) is 9.97 Å². The van der Waals surface area contributed by atoms with Gasteiger partial charge in [-0.3, -0.25) is 4.79 Å². The molecule has 6 heteroatoms. The summed E-state index contributed by atoms with van der Waals surface area (Å²) in [6, 6.07) is 9.13. The van der Waals surface area contributed by atoms with Crippen LogP contribution in [0.25, 0.3) is 0 Å². The third kappa shape index (κ3) is 4.90. The number of carbonyl (C=O) groups is 1. The molecule has 2 N–H and O–H groups in total. The molecule has 0 fully saturated rings. The van der Waals surface area contributed by atoms with Crippen molar-refractivity contribution in [2.45, 2.75) is 32.1 Å². The molecule has 2 aromatic rings. The van der Waals surface area contributed by atoms with E-state index in [2.05, 4.69) is 32.7 Å². The Labute approximate surface area is 153 Å². The lowest BCUT2D eigenvalue weighted by atomic mass is 9.97. The number of benzene rings is 1. The van der Waals surface area contributed by atoms with Crippen molar-refractivity contribution < 1.29 is 4.79 Å². The number of nitriles is 1. The van der Waals surface area contributed by atoms with Gasteiger partial charge in [0.15, 0.2) is 0 Å². The molecule has 0 atom stereocenters. The second-order valence-corrected chi connectivity index (χ2v) is 6.23. The van der Waals surface area contributed by atoms with Crippen LogP contribution in [0.5, 0.6) is 0 Å². The van der Waals surface area contributed by atoms with Gasteiger partial charge in [0.25, 0.3) is 5.91 Å². The molecular weight excluding hydrogens is 326 g/mol. The van der Waals surface area contributed by atoms with Crippen LogP contribution in [0.3, 0.4) is 0 Å². The number of amides is 1. The van der Waals surface area contributed by atoms with E-state index in [-0.39, 0.29) is 5.91 Å². The normalized spacial score (nSPS) is 13.4. The summed E-state index contributed by atoms with van der Waals surface area (Å²) in [5.74, 6) is 0.212. The van der Waals surface area contributed by atoms with Gasteiger partial charge in [-0.15, -0.1) is 0 Å². The van der Waals surface area contributed by atoms with Crippen molar-refractivity contribution in [3.8, 4) is 6.07 Å². The van der Waals surface area contributed by atoms with Crippen LogP contribution in [-0.2, 0) is 0 Å². The monoisotopic (exact) mass is 347 g/mol. The fourth-order valence-electron chi connectivity index (χ4n) is 2.88. The third-order valence-corrected chi connectivity index (χ3v) is 4.28. The molecule has 26 heavy (non-hydrogen) atoms. The highest BCUT2D eigenvalue weighted by Gasteiger charge is 2.08. The van der Waals surface area contributed by atoms with Crippen molar-refractivity contribution in [3.63, 3.8) is 0 Å². The number of anilines is 2. The molecule has 1 heterocycles. The average molecular weight is 347 g/mol. The van der Waals surface area contributed by atoms with Gasteiger partial charge in [0, 0.05) is 24.6 Å². The van der Waals surface area contributed by atoms with Gasteiger partial charge in [-0.05, 0) is 50.3 Å². The Morgan fingerprint density at radius 2 is 2.08 bits per heavy atom. The topological polar surface area (TPSA) is 90.7 Å².